The molecular weight excluding hydrogens is 316 g/mol. The predicted octanol–water partition coefficient (Wildman–Crippen LogP) is 0.208. The first-order chi connectivity index (χ1) is 11.0. The van der Waals surface area contributed by atoms with E-state index in [2.05, 4.69) is 15.6 Å². The molecule has 1 unspecified atom stereocenters. The zero-order valence-corrected chi connectivity index (χ0v) is 14.2. The highest BCUT2D eigenvalue weighted by molar-refractivity contribution is 7.89. The first-order valence-electron chi connectivity index (χ1n) is 7.84. The molecule has 1 amide bonds. The Kier molecular flexibility index (Phi) is 6.49. The highest BCUT2D eigenvalue weighted by Gasteiger charge is 2.23. The molecule has 1 atom stereocenters. The van der Waals surface area contributed by atoms with E-state index >= 15 is 0 Å². The summed E-state index contributed by atoms with van der Waals surface area (Å²) in [4.78, 5) is 15.8. The lowest BCUT2D eigenvalue weighted by Crippen LogP contribution is -2.39. The van der Waals surface area contributed by atoms with Crippen molar-refractivity contribution in [2.45, 2.75) is 24.2 Å². The third-order valence-corrected chi connectivity index (χ3v) is 5.77. The van der Waals surface area contributed by atoms with E-state index in [1.54, 1.807) is 6.07 Å². The van der Waals surface area contributed by atoms with Crippen LogP contribution in [0.4, 0.5) is 0 Å². The van der Waals surface area contributed by atoms with Gasteiger partial charge in [-0.15, -0.1) is 0 Å². The summed E-state index contributed by atoms with van der Waals surface area (Å²) in [6.45, 7) is 2.44. The van der Waals surface area contributed by atoms with Crippen LogP contribution in [0, 0.1) is 5.92 Å². The Hall–Kier alpha value is -1.51. The van der Waals surface area contributed by atoms with Crippen molar-refractivity contribution in [1.82, 2.24) is 19.9 Å². The minimum atomic E-state index is -3.68. The molecular formula is C15H24N4O3S. The van der Waals surface area contributed by atoms with Crippen molar-refractivity contribution < 1.29 is 13.2 Å². The molecule has 0 radical (unpaired) electrons. The van der Waals surface area contributed by atoms with Gasteiger partial charge in [0.25, 0.3) is 0 Å². The Morgan fingerprint density at radius 3 is 3.00 bits per heavy atom. The Labute approximate surface area is 137 Å². The molecule has 0 saturated carbocycles. The van der Waals surface area contributed by atoms with Crippen LogP contribution in [0.15, 0.2) is 29.4 Å². The smallest absolute Gasteiger partial charge is 0.244 e. The molecule has 1 saturated heterocycles. The standard InChI is InChI=1S/C15H24N4O3S/c1-19(23(21,22)14-5-3-8-17-11-14)12-15(20)18-9-6-13-4-2-7-16-10-13/h3,5,8,11,13,16H,2,4,6-7,9-10,12H2,1H3,(H,18,20). The minimum Gasteiger partial charge on any atom is -0.355 e. The van der Waals surface area contributed by atoms with Crippen molar-refractivity contribution >= 4 is 15.9 Å². The van der Waals surface area contributed by atoms with Gasteiger partial charge in [0.2, 0.25) is 15.9 Å². The van der Waals surface area contributed by atoms with Crippen molar-refractivity contribution in [3.63, 3.8) is 0 Å². The maximum Gasteiger partial charge on any atom is 0.244 e. The van der Waals surface area contributed by atoms with Gasteiger partial charge in [-0.3, -0.25) is 9.78 Å². The molecule has 1 aromatic rings. The SMILES string of the molecule is CN(CC(=O)NCCC1CCCNC1)S(=O)(=O)c1cccnc1. The number of hydrogen-bond acceptors (Lipinski definition) is 5. The number of aromatic nitrogens is 1. The number of rotatable bonds is 7. The van der Waals surface area contributed by atoms with Gasteiger partial charge in [0, 0.05) is 26.0 Å². The van der Waals surface area contributed by atoms with Crippen LogP contribution < -0.4 is 10.6 Å². The van der Waals surface area contributed by atoms with E-state index in [1.807, 2.05) is 0 Å². The maximum atomic E-state index is 12.3. The summed E-state index contributed by atoms with van der Waals surface area (Å²) in [7, 11) is -2.28. The molecule has 1 aliphatic rings. The summed E-state index contributed by atoms with van der Waals surface area (Å²) in [6.07, 6.45) is 6.05. The molecule has 128 valence electrons. The molecule has 7 nitrogen and oxygen atoms in total. The molecule has 8 heteroatoms. The number of nitrogens with one attached hydrogen (secondary N) is 2. The lowest BCUT2D eigenvalue weighted by molar-refractivity contribution is -0.121. The van der Waals surface area contributed by atoms with Crippen LogP contribution in [0.5, 0.6) is 0 Å². The average Bonchev–Trinajstić information content (AvgIpc) is 2.56. The van der Waals surface area contributed by atoms with Crippen LogP contribution in [-0.2, 0) is 14.8 Å². The lowest BCUT2D eigenvalue weighted by Gasteiger charge is -2.23. The van der Waals surface area contributed by atoms with Crippen molar-refractivity contribution in [1.29, 1.82) is 0 Å². The summed E-state index contributed by atoms with van der Waals surface area (Å²) in [6, 6.07) is 3.02. The van der Waals surface area contributed by atoms with E-state index in [0.717, 1.165) is 23.8 Å². The highest BCUT2D eigenvalue weighted by atomic mass is 32.2. The fraction of sp³-hybridized carbons (Fsp3) is 0.600. The van der Waals surface area contributed by atoms with Crippen LogP contribution in [0.3, 0.4) is 0 Å². The molecule has 1 aromatic heterocycles. The van der Waals surface area contributed by atoms with Crippen molar-refractivity contribution in [2.24, 2.45) is 5.92 Å². The van der Waals surface area contributed by atoms with Gasteiger partial charge in [-0.25, -0.2) is 8.42 Å². The predicted molar refractivity (Wildman–Crippen MR) is 87.3 cm³/mol. The van der Waals surface area contributed by atoms with Crippen LogP contribution in [-0.4, -0.2) is 56.8 Å². The van der Waals surface area contributed by atoms with Crippen LogP contribution >= 0.6 is 0 Å². The highest BCUT2D eigenvalue weighted by Crippen LogP contribution is 2.13. The summed E-state index contributed by atoms with van der Waals surface area (Å²) in [5.41, 5.74) is 0. The topological polar surface area (TPSA) is 91.4 Å². The number of carbonyl (C=O) groups is 1. The fourth-order valence-electron chi connectivity index (χ4n) is 2.61. The minimum absolute atomic E-state index is 0.0866. The fourth-order valence-corrected chi connectivity index (χ4v) is 3.70. The van der Waals surface area contributed by atoms with Crippen molar-refractivity contribution in [3.8, 4) is 0 Å². The molecule has 0 spiro atoms. The monoisotopic (exact) mass is 340 g/mol. The molecule has 2 rings (SSSR count). The molecule has 0 bridgehead atoms. The van der Waals surface area contributed by atoms with E-state index in [1.165, 1.54) is 38.3 Å². The molecule has 0 aliphatic carbocycles. The number of amides is 1. The summed E-state index contributed by atoms with van der Waals surface area (Å²) < 4.78 is 25.6. The molecule has 1 aliphatic heterocycles. The normalized spacial score (nSPS) is 18.8. The summed E-state index contributed by atoms with van der Waals surface area (Å²) >= 11 is 0. The Bertz CT molecular complexity index is 600. The van der Waals surface area contributed by atoms with Crippen molar-refractivity contribution in [2.75, 3.05) is 33.2 Å². The van der Waals surface area contributed by atoms with E-state index in [9.17, 15) is 13.2 Å². The first-order valence-corrected chi connectivity index (χ1v) is 9.28. The Morgan fingerprint density at radius 1 is 1.52 bits per heavy atom. The van der Waals surface area contributed by atoms with Crippen molar-refractivity contribution in [3.05, 3.63) is 24.5 Å². The molecule has 0 aromatic carbocycles. The van der Waals surface area contributed by atoms with E-state index in [4.69, 9.17) is 0 Å². The van der Waals surface area contributed by atoms with Gasteiger partial charge in [0.1, 0.15) is 4.90 Å². The third-order valence-electron chi connectivity index (χ3n) is 3.98. The molecule has 2 heterocycles. The van der Waals surface area contributed by atoms with Crippen LogP contribution in [0.2, 0.25) is 0 Å². The maximum absolute atomic E-state index is 12.3. The Balaban J connectivity index is 1.78. The van der Waals surface area contributed by atoms with Gasteiger partial charge in [-0.1, -0.05) is 0 Å². The van der Waals surface area contributed by atoms with Gasteiger partial charge >= 0.3 is 0 Å². The van der Waals surface area contributed by atoms with Crippen LogP contribution in [0.25, 0.3) is 0 Å². The number of pyridine rings is 1. The zero-order chi connectivity index (χ0) is 16.7. The van der Waals surface area contributed by atoms with Crippen LogP contribution in [0.1, 0.15) is 19.3 Å². The molecule has 1 fully saturated rings. The second-order valence-corrected chi connectivity index (χ2v) is 7.85. The van der Waals surface area contributed by atoms with Gasteiger partial charge in [-0.2, -0.15) is 4.31 Å². The quantitative estimate of drug-likeness (QED) is 0.740. The summed E-state index contributed by atoms with van der Waals surface area (Å²) in [5.74, 6) is 0.296. The number of sulfonamides is 1. The molecule has 2 N–H and O–H groups in total. The first kappa shape index (κ1) is 17.8. The van der Waals surface area contributed by atoms with Gasteiger partial charge in [-0.05, 0) is 50.4 Å². The van der Waals surface area contributed by atoms with E-state index < -0.39 is 10.0 Å². The second-order valence-electron chi connectivity index (χ2n) is 5.80. The van der Waals surface area contributed by atoms with E-state index in [0.29, 0.717) is 12.5 Å². The zero-order valence-electron chi connectivity index (χ0n) is 13.4. The van der Waals surface area contributed by atoms with Gasteiger partial charge in [0.15, 0.2) is 0 Å². The van der Waals surface area contributed by atoms with E-state index in [-0.39, 0.29) is 17.3 Å². The third kappa shape index (κ3) is 5.26. The number of carbonyl (C=O) groups excluding carboxylic acids is 1. The number of piperidine rings is 1. The second kappa shape index (κ2) is 8.37. The van der Waals surface area contributed by atoms with Gasteiger partial charge in [0.05, 0.1) is 6.54 Å². The average molecular weight is 340 g/mol. The largest absolute Gasteiger partial charge is 0.355 e. The number of likely N-dealkylation sites (N-methyl/N-ethyl adjacent to an activating group) is 1. The summed E-state index contributed by atoms with van der Waals surface area (Å²) in [5, 5.41) is 6.13. The number of hydrogen-bond donors (Lipinski definition) is 2. The number of nitrogens with zero attached hydrogens (tertiary/aromatic N) is 2. The lowest BCUT2D eigenvalue weighted by atomic mass is 9.96. The Morgan fingerprint density at radius 2 is 2.35 bits per heavy atom. The van der Waals surface area contributed by atoms with Gasteiger partial charge < -0.3 is 10.6 Å². The molecule has 23 heavy (non-hydrogen) atoms.